The van der Waals surface area contributed by atoms with E-state index in [0.717, 1.165) is 23.4 Å². The van der Waals surface area contributed by atoms with Gasteiger partial charge in [0.2, 0.25) is 0 Å². The molecule has 1 heterocycles. The van der Waals surface area contributed by atoms with Gasteiger partial charge in [-0.15, -0.1) is 24.0 Å². The lowest BCUT2D eigenvalue weighted by atomic mass is 10.1. The highest BCUT2D eigenvalue weighted by Gasteiger charge is 2.16. The van der Waals surface area contributed by atoms with E-state index in [1.807, 2.05) is 26.2 Å². The maximum atomic E-state index is 6.02. The van der Waals surface area contributed by atoms with Crippen LogP contribution in [0.15, 0.2) is 35.6 Å². The number of hydrogen-bond acceptors (Lipinski definition) is 4. The van der Waals surface area contributed by atoms with E-state index >= 15 is 0 Å². The lowest BCUT2D eigenvalue weighted by Crippen LogP contribution is -2.39. The third-order valence-corrected chi connectivity index (χ3v) is 4.42. The summed E-state index contributed by atoms with van der Waals surface area (Å²) < 4.78 is 1.77. The molecule has 1 unspecified atom stereocenters. The Labute approximate surface area is 183 Å². The first-order valence-electron chi connectivity index (χ1n) is 8.66. The highest BCUT2D eigenvalue weighted by atomic mass is 127. The molecule has 1 aromatic carbocycles. The fourth-order valence-electron chi connectivity index (χ4n) is 2.64. The monoisotopic (exact) mass is 505 g/mol. The second kappa shape index (κ2) is 11.5. The van der Waals surface area contributed by atoms with Gasteiger partial charge in [0.15, 0.2) is 5.96 Å². The number of guanidine groups is 1. The zero-order chi connectivity index (χ0) is 19.1. The van der Waals surface area contributed by atoms with Crippen molar-refractivity contribution in [3.8, 4) is 0 Å². The van der Waals surface area contributed by atoms with E-state index in [0.29, 0.717) is 13.1 Å². The van der Waals surface area contributed by atoms with Gasteiger partial charge in [0.1, 0.15) is 12.2 Å². The van der Waals surface area contributed by atoms with Crippen molar-refractivity contribution in [2.45, 2.75) is 19.5 Å². The summed E-state index contributed by atoms with van der Waals surface area (Å²) in [5.74, 6) is 1.73. The van der Waals surface area contributed by atoms with Crippen LogP contribution in [-0.2, 0) is 13.6 Å². The molecule has 0 aliphatic heterocycles. The number of aryl methyl sites for hydroxylation is 1. The van der Waals surface area contributed by atoms with Crippen LogP contribution in [0.4, 0.5) is 0 Å². The number of aliphatic imine (C=N–C) groups is 1. The summed E-state index contributed by atoms with van der Waals surface area (Å²) in [5.41, 5.74) is 1.19. The molecule has 0 spiro atoms. The summed E-state index contributed by atoms with van der Waals surface area (Å²) in [5, 5.41) is 8.21. The summed E-state index contributed by atoms with van der Waals surface area (Å²) in [7, 11) is 8.02. The second-order valence-electron chi connectivity index (χ2n) is 6.38. The molecular formula is C18H29ClIN7. The third kappa shape index (κ3) is 6.93. The zero-order valence-electron chi connectivity index (χ0n) is 16.6. The van der Waals surface area contributed by atoms with E-state index in [1.165, 1.54) is 5.56 Å². The molecule has 0 radical (unpaired) electrons. The minimum absolute atomic E-state index is 0. The number of nitrogens with one attached hydrogen (secondary N) is 1. The molecule has 0 fully saturated rings. The van der Waals surface area contributed by atoms with Gasteiger partial charge in [-0.2, -0.15) is 5.10 Å². The van der Waals surface area contributed by atoms with Crippen molar-refractivity contribution in [2.24, 2.45) is 12.0 Å². The Morgan fingerprint density at radius 1 is 1.26 bits per heavy atom. The Hall–Kier alpha value is -1.39. The Kier molecular flexibility index (Phi) is 10.0. The third-order valence-electron chi connectivity index (χ3n) is 4.17. The molecule has 1 N–H and O–H groups in total. The summed E-state index contributed by atoms with van der Waals surface area (Å²) in [6, 6.07) is 8.12. The molecule has 2 aromatic rings. The Morgan fingerprint density at radius 2 is 1.93 bits per heavy atom. The SMILES string of the molecule is CCNC(=NCC(c1ccc(Cl)cc1)N(C)C)N(C)Cc1ncnn1C.I. The lowest BCUT2D eigenvalue weighted by molar-refractivity contribution is 0.305. The largest absolute Gasteiger partial charge is 0.357 e. The normalized spacial score (nSPS) is 12.6. The van der Waals surface area contributed by atoms with Gasteiger partial charge in [-0.05, 0) is 38.7 Å². The average molecular weight is 506 g/mol. The molecule has 0 aliphatic rings. The molecule has 1 aromatic heterocycles. The van der Waals surface area contributed by atoms with E-state index in [-0.39, 0.29) is 30.0 Å². The van der Waals surface area contributed by atoms with Crippen molar-refractivity contribution in [3.05, 3.63) is 47.0 Å². The molecule has 0 amide bonds. The number of likely N-dealkylation sites (N-methyl/N-ethyl adjacent to an activating group) is 1. The van der Waals surface area contributed by atoms with E-state index in [2.05, 4.69) is 58.4 Å². The quantitative estimate of drug-likeness (QED) is 0.356. The molecule has 0 saturated heterocycles. The van der Waals surface area contributed by atoms with Crippen molar-refractivity contribution in [2.75, 3.05) is 34.2 Å². The van der Waals surface area contributed by atoms with Gasteiger partial charge in [0.25, 0.3) is 0 Å². The van der Waals surface area contributed by atoms with Crippen LogP contribution in [-0.4, -0.2) is 64.8 Å². The highest BCUT2D eigenvalue weighted by Crippen LogP contribution is 2.21. The van der Waals surface area contributed by atoms with Gasteiger partial charge in [0.05, 0.1) is 19.1 Å². The minimum atomic E-state index is 0. The Balaban J connectivity index is 0.00000364. The zero-order valence-corrected chi connectivity index (χ0v) is 19.6. The van der Waals surface area contributed by atoms with Gasteiger partial charge < -0.3 is 15.1 Å². The van der Waals surface area contributed by atoms with Gasteiger partial charge in [-0.3, -0.25) is 9.67 Å². The Bertz CT molecular complexity index is 715. The van der Waals surface area contributed by atoms with Crippen molar-refractivity contribution >= 4 is 41.5 Å². The van der Waals surface area contributed by atoms with Gasteiger partial charge in [-0.1, -0.05) is 23.7 Å². The molecule has 1 atom stereocenters. The number of benzene rings is 1. The molecule has 0 saturated carbocycles. The first-order chi connectivity index (χ1) is 12.4. The van der Waals surface area contributed by atoms with Crippen LogP contribution < -0.4 is 5.32 Å². The van der Waals surface area contributed by atoms with Crippen molar-refractivity contribution < 1.29 is 0 Å². The second-order valence-corrected chi connectivity index (χ2v) is 6.82. The molecule has 7 nitrogen and oxygen atoms in total. The molecule has 2 rings (SSSR count). The van der Waals surface area contributed by atoms with E-state index in [4.69, 9.17) is 16.6 Å². The predicted molar refractivity (Wildman–Crippen MR) is 122 cm³/mol. The van der Waals surface area contributed by atoms with Gasteiger partial charge >= 0.3 is 0 Å². The van der Waals surface area contributed by atoms with Crippen LogP contribution in [0.1, 0.15) is 24.4 Å². The molecule has 0 bridgehead atoms. The van der Waals surface area contributed by atoms with Crippen LogP contribution in [0.25, 0.3) is 0 Å². The average Bonchev–Trinajstić information content (AvgIpc) is 3.00. The minimum Gasteiger partial charge on any atom is -0.357 e. The van der Waals surface area contributed by atoms with Crippen LogP contribution in [0.3, 0.4) is 0 Å². The van der Waals surface area contributed by atoms with Crippen LogP contribution in [0.5, 0.6) is 0 Å². The number of aromatic nitrogens is 3. The molecular weight excluding hydrogens is 477 g/mol. The first-order valence-corrected chi connectivity index (χ1v) is 9.04. The smallest absolute Gasteiger partial charge is 0.194 e. The standard InChI is InChI=1S/C18H28ClN7.HI/c1-6-20-18(25(4)12-17-22-13-23-26(17)5)21-11-16(24(2)3)14-7-9-15(19)10-8-14;/h7-10,13,16H,6,11-12H2,1-5H3,(H,20,21);1H. The van der Waals surface area contributed by atoms with E-state index < -0.39 is 0 Å². The maximum absolute atomic E-state index is 6.02. The number of halogens is 2. The first kappa shape index (κ1) is 23.6. The predicted octanol–water partition coefficient (Wildman–Crippen LogP) is 2.79. The summed E-state index contributed by atoms with van der Waals surface area (Å²) >= 11 is 6.02. The lowest BCUT2D eigenvalue weighted by Gasteiger charge is -2.26. The summed E-state index contributed by atoms with van der Waals surface area (Å²) in [4.78, 5) is 13.4. The molecule has 27 heavy (non-hydrogen) atoms. The van der Waals surface area contributed by atoms with Crippen LogP contribution in [0, 0.1) is 0 Å². The van der Waals surface area contributed by atoms with Crippen molar-refractivity contribution in [3.63, 3.8) is 0 Å². The Morgan fingerprint density at radius 3 is 2.44 bits per heavy atom. The summed E-state index contributed by atoms with van der Waals surface area (Å²) in [6.07, 6.45) is 1.57. The fourth-order valence-corrected chi connectivity index (χ4v) is 2.77. The molecule has 150 valence electrons. The van der Waals surface area contributed by atoms with Gasteiger partial charge in [-0.25, -0.2) is 4.98 Å². The highest BCUT2D eigenvalue weighted by molar-refractivity contribution is 14.0. The topological polar surface area (TPSA) is 61.6 Å². The van der Waals surface area contributed by atoms with Crippen molar-refractivity contribution in [1.29, 1.82) is 0 Å². The van der Waals surface area contributed by atoms with E-state index in [1.54, 1.807) is 11.0 Å². The van der Waals surface area contributed by atoms with Gasteiger partial charge in [0, 0.05) is 25.7 Å². The fraction of sp³-hybridized carbons (Fsp3) is 0.500. The van der Waals surface area contributed by atoms with E-state index in [9.17, 15) is 0 Å². The number of rotatable bonds is 7. The van der Waals surface area contributed by atoms with Crippen LogP contribution >= 0.6 is 35.6 Å². The molecule has 9 heteroatoms. The number of nitrogens with zero attached hydrogens (tertiary/aromatic N) is 6. The number of hydrogen-bond donors (Lipinski definition) is 1. The molecule has 0 aliphatic carbocycles. The van der Waals surface area contributed by atoms with Crippen LogP contribution in [0.2, 0.25) is 5.02 Å². The summed E-state index contributed by atoms with van der Waals surface area (Å²) in [6.45, 7) is 4.14. The van der Waals surface area contributed by atoms with Crippen molar-refractivity contribution in [1.82, 2.24) is 29.9 Å². The maximum Gasteiger partial charge on any atom is 0.194 e.